The van der Waals surface area contributed by atoms with E-state index in [1.54, 1.807) is 0 Å². The minimum Gasteiger partial charge on any atom is -0.473 e. The molecule has 2 rings (SSSR count). The van der Waals surface area contributed by atoms with Gasteiger partial charge in [0.2, 0.25) is 0 Å². The number of hydrogen-bond acceptors (Lipinski definition) is 6. The van der Waals surface area contributed by atoms with E-state index in [4.69, 9.17) is 14.6 Å². The van der Waals surface area contributed by atoms with E-state index in [-0.39, 0.29) is 13.2 Å². The van der Waals surface area contributed by atoms with Gasteiger partial charge >= 0.3 is 11.9 Å². The minimum absolute atomic E-state index is 0.0470. The van der Waals surface area contributed by atoms with Crippen molar-refractivity contribution < 1.29 is 34.0 Å². The number of carbonyl (C=O) groups is 2. The molecule has 0 spiro atoms. The number of fused-ring (bicyclic) bond motifs is 1. The van der Waals surface area contributed by atoms with Crippen LogP contribution in [0.3, 0.4) is 0 Å². The Labute approximate surface area is 84.5 Å². The first kappa shape index (κ1) is 10.3. The van der Waals surface area contributed by atoms with Gasteiger partial charge in [0, 0.05) is 0 Å². The molecule has 0 aromatic heterocycles. The van der Waals surface area contributed by atoms with Crippen LogP contribution in [-0.4, -0.2) is 59.8 Å². The van der Waals surface area contributed by atoms with Crippen LogP contribution in [0.1, 0.15) is 0 Å². The topological polar surface area (TPSA) is 102 Å². The average molecular weight is 218 g/mol. The number of carboxylic acids is 1. The van der Waals surface area contributed by atoms with Crippen LogP contribution in [0.25, 0.3) is 0 Å². The lowest BCUT2D eigenvalue weighted by molar-refractivity contribution is -0.170. The monoisotopic (exact) mass is 218 g/mol. The maximum atomic E-state index is 10.8. The van der Waals surface area contributed by atoms with Gasteiger partial charge in [-0.25, -0.2) is 9.59 Å². The van der Waals surface area contributed by atoms with Crippen molar-refractivity contribution in [1.29, 1.82) is 0 Å². The Morgan fingerprint density at radius 2 is 1.87 bits per heavy atom. The highest BCUT2D eigenvalue weighted by molar-refractivity contribution is 6.28. The van der Waals surface area contributed by atoms with E-state index < -0.39 is 36.4 Å². The number of esters is 1. The Hall–Kier alpha value is -1.18. The molecule has 7 nitrogen and oxygen atoms in total. The second kappa shape index (κ2) is 3.76. The summed E-state index contributed by atoms with van der Waals surface area (Å²) in [6, 6.07) is 0. The smallest absolute Gasteiger partial charge is 0.417 e. The number of hydrogen-bond donors (Lipinski definition) is 2. The van der Waals surface area contributed by atoms with Crippen LogP contribution < -0.4 is 0 Å². The molecular formula is C8H10O7. The molecule has 2 heterocycles. The van der Waals surface area contributed by atoms with Crippen molar-refractivity contribution >= 4 is 11.9 Å². The number of aliphatic hydroxyl groups excluding tert-OH is 1. The molecule has 2 fully saturated rings. The number of aliphatic carboxylic acids is 1. The van der Waals surface area contributed by atoms with Crippen molar-refractivity contribution in [3.8, 4) is 0 Å². The van der Waals surface area contributed by atoms with Gasteiger partial charge in [0.25, 0.3) is 0 Å². The van der Waals surface area contributed by atoms with Crippen LogP contribution in [-0.2, 0) is 23.8 Å². The van der Waals surface area contributed by atoms with E-state index >= 15 is 0 Å². The third-order valence-corrected chi connectivity index (χ3v) is 2.41. The first-order chi connectivity index (χ1) is 7.09. The van der Waals surface area contributed by atoms with Gasteiger partial charge in [-0.05, 0) is 0 Å². The third-order valence-electron chi connectivity index (χ3n) is 2.41. The van der Waals surface area contributed by atoms with Gasteiger partial charge in [-0.1, -0.05) is 0 Å². The first-order valence-corrected chi connectivity index (χ1v) is 4.45. The lowest BCUT2D eigenvalue weighted by Gasteiger charge is -2.14. The second-order valence-electron chi connectivity index (χ2n) is 3.41. The molecule has 84 valence electrons. The summed E-state index contributed by atoms with van der Waals surface area (Å²) in [4.78, 5) is 21.0. The molecule has 2 aliphatic rings. The third kappa shape index (κ3) is 1.81. The number of carbonyl (C=O) groups excluding carboxylic acids is 1. The van der Waals surface area contributed by atoms with Crippen LogP contribution in [0.15, 0.2) is 0 Å². The minimum atomic E-state index is -1.66. The molecular weight excluding hydrogens is 208 g/mol. The normalized spacial score (nSPS) is 38.7. The molecule has 0 unspecified atom stereocenters. The van der Waals surface area contributed by atoms with Crippen molar-refractivity contribution in [2.45, 2.75) is 24.4 Å². The van der Waals surface area contributed by atoms with E-state index in [1.165, 1.54) is 0 Å². The average Bonchev–Trinajstić information content (AvgIpc) is 2.71. The van der Waals surface area contributed by atoms with E-state index in [9.17, 15) is 14.7 Å². The molecule has 0 bridgehead atoms. The molecule has 7 heteroatoms. The molecule has 4 atom stereocenters. The zero-order valence-corrected chi connectivity index (χ0v) is 7.66. The van der Waals surface area contributed by atoms with E-state index in [0.717, 1.165) is 0 Å². The number of carboxylic acid groups (broad SMARTS) is 1. The second-order valence-corrected chi connectivity index (χ2v) is 3.41. The molecule has 0 aliphatic carbocycles. The standard InChI is InChI=1S/C8H10O7/c9-3-1-13-6-4(2-14-5(3)6)15-8(12)7(10)11/h3-6,9H,1-2H2,(H,10,11)/t3-,4+,5+,6+/m0/s1. The lowest BCUT2D eigenvalue weighted by Crippen LogP contribution is -2.35. The van der Waals surface area contributed by atoms with E-state index in [1.807, 2.05) is 0 Å². The first-order valence-electron chi connectivity index (χ1n) is 4.45. The summed E-state index contributed by atoms with van der Waals surface area (Å²) in [6.07, 6.45) is -2.60. The molecule has 0 aromatic carbocycles. The summed E-state index contributed by atoms with van der Waals surface area (Å²) in [5.41, 5.74) is 0. The Balaban J connectivity index is 1.95. The predicted molar refractivity (Wildman–Crippen MR) is 43.0 cm³/mol. The van der Waals surface area contributed by atoms with Gasteiger partial charge in [0.15, 0.2) is 6.10 Å². The highest BCUT2D eigenvalue weighted by atomic mass is 16.6. The molecule has 0 saturated carbocycles. The SMILES string of the molecule is O=C(O)C(=O)O[C@@H]1CO[C@H]2[C@@H]1OC[C@@H]2O. The Bertz CT molecular complexity index is 289. The van der Waals surface area contributed by atoms with Crippen molar-refractivity contribution in [1.82, 2.24) is 0 Å². The van der Waals surface area contributed by atoms with Crippen LogP contribution in [0, 0.1) is 0 Å². The Morgan fingerprint density at radius 3 is 2.53 bits per heavy atom. The number of ether oxygens (including phenoxy) is 3. The van der Waals surface area contributed by atoms with Gasteiger partial charge in [-0.3, -0.25) is 0 Å². The predicted octanol–water partition coefficient (Wildman–Crippen LogP) is -1.86. The maximum Gasteiger partial charge on any atom is 0.417 e. The van der Waals surface area contributed by atoms with E-state index in [0.29, 0.717) is 0 Å². The van der Waals surface area contributed by atoms with Crippen molar-refractivity contribution in [3.63, 3.8) is 0 Å². The van der Waals surface area contributed by atoms with Gasteiger partial charge in [-0.15, -0.1) is 0 Å². The molecule has 2 aliphatic heterocycles. The molecule has 0 amide bonds. The fraction of sp³-hybridized carbons (Fsp3) is 0.750. The zero-order chi connectivity index (χ0) is 11.0. The van der Waals surface area contributed by atoms with Crippen LogP contribution in [0.5, 0.6) is 0 Å². The van der Waals surface area contributed by atoms with Gasteiger partial charge in [-0.2, -0.15) is 0 Å². The number of aliphatic hydroxyl groups is 1. The van der Waals surface area contributed by atoms with Crippen molar-refractivity contribution in [2.24, 2.45) is 0 Å². The lowest BCUT2D eigenvalue weighted by atomic mass is 10.1. The largest absolute Gasteiger partial charge is 0.473 e. The summed E-state index contributed by atoms with van der Waals surface area (Å²) in [7, 11) is 0. The Morgan fingerprint density at radius 1 is 1.20 bits per heavy atom. The quantitative estimate of drug-likeness (QED) is 0.393. The molecule has 2 N–H and O–H groups in total. The van der Waals surface area contributed by atoms with Crippen molar-refractivity contribution in [3.05, 3.63) is 0 Å². The molecule has 0 aromatic rings. The summed E-state index contributed by atoms with van der Waals surface area (Å²) in [5.74, 6) is -2.99. The summed E-state index contributed by atoms with van der Waals surface area (Å²) < 4.78 is 14.9. The summed E-state index contributed by atoms with van der Waals surface area (Å²) in [6.45, 7) is 0.155. The van der Waals surface area contributed by atoms with Crippen LogP contribution in [0.2, 0.25) is 0 Å². The van der Waals surface area contributed by atoms with E-state index in [2.05, 4.69) is 4.74 Å². The molecule has 2 saturated heterocycles. The summed E-state index contributed by atoms with van der Waals surface area (Å²) >= 11 is 0. The van der Waals surface area contributed by atoms with Crippen LogP contribution >= 0.6 is 0 Å². The van der Waals surface area contributed by atoms with Crippen molar-refractivity contribution in [2.75, 3.05) is 13.2 Å². The zero-order valence-electron chi connectivity index (χ0n) is 7.66. The molecule has 0 radical (unpaired) electrons. The Kier molecular flexibility index (Phi) is 2.59. The maximum absolute atomic E-state index is 10.8. The van der Waals surface area contributed by atoms with Crippen LogP contribution in [0.4, 0.5) is 0 Å². The summed E-state index contributed by atoms with van der Waals surface area (Å²) in [5, 5.41) is 17.7. The highest BCUT2D eigenvalue weighted by Crippen LogP contribution is 2.28. The van der Waals surface area contributed by atoms with Gasteiger partial charge in [0.05, 0.1) is 13.2 Å². The fourth-order valence-electron chi connectivity index (χ4n) is 1.73. The highest BCUT2D eigenvalue weighted by Gasteiger charge is 2.49. The number of rotatable bonds is 1. The molecule has 15 heavy (non-hydrogen) atoms. The van der Waals surface area contributed by atoms with Gasteiger partial charge in [0.1, 0.15) is 18.3 Å². The fourth-order valence-corrected chi connectivity index (χ4v) is 1.73. The van der Waals surface area contributed by atoms with Gasteiger partial charge < -0.3 is 24.4 Å².